The van der Waals surface area contributed by atoms with Crippen LogP contribution in [0.25, 0.3) is 0 Å². The Hall–Kier alpha value is -0.490. The second-order valence-corrected chi connectivity index (χ2v) is 5.78. The quantitative estimate of drug-likeness (QED) is 0.831. The highest BCUT2D eigenvalue weighted by Crippen LogP contribution is 2.13. The largest absolute Gasteiger partial charge is 0.357 e. The average molecular weight is 247 g/mol. The summed E-state index contributed by atoms with van der Waals surface area (Å²) >= 11 is 1.37. The standard InChI is InChI=1S/C9H17N3OS2/c1-4-5-8-11-9(14-12-8)10-7(2)6-15(3)13/h7H,4-6H2,1-3H3,(H,10,11,12). The molecule has 2 atom stereocenters. The SMILES string of the molecule is CCCc1nsc(NC(C)CS(C)=O)n1. The molecule has 1 aromatic heterocycles. The zero-order valence-electron chi connectivity index (χ0n) is 9.32. The van der Waals surface area contributed by atoms with E-state index in [1.807, 2.05) is 6.92 Å². The molecule has 1 aromatic rings. The summed E-state index contributed by atoms with van der Waals surface area (Å²) in [7, 11) is -0.772. The highest BCUT2D eigenvalue weighted by atomic mass is 32.2. The molecule has 0 bridgehead atoms. The fraction of sp³-hybridized carbons (Fsp3) is 0.778. The van der Waals surface area contributed by atoms with Crippen LogP contribution in [0.3, 0.4) is 0 Å². The Morgan fingerprint density at radius 1 is 1.60 bits per heavy atom. The van der Waals surface area contributed by atoms with E-state index in [4.69, 9.17) is 0 Å². The van der Waals surface area contributed by atoms with Gasteiger partial charge in [0.05, 0.1) is 0 Å². The van der Waals surface area contributed by atoms with Crippen LogP contribution in [-0.2, 0) is 17.2 Å². The van der Waals surface area contributed by atoms with Gasteiger partial charge in [0.25, 0.3) is 0 Å². The highest BCUT2D eigenvalue weighted by molar-refractivity contribution is 7.84. The second-order valence-electron chi connectivity index (χ2n) is 3.55. The molecule has 4 nitrogen and oxygen atoms in total. The van der Waals surface area contributed by atoms with Crippen LogP contribution in [0.15, 0.2) is 0 Å². The molecule has 0 fully saturated rings. The van der Waals surface area contributed by atoms with Gasteiger partial charge in [-0.3, -0.25) is 4.21 Å². The van der Waals surface area contributed by atoms with Gasteiger partial charge in [0, 0.05) is 46.8 Å². The molecule has 1 rings (SSSR count). The molecule has 6 heteroatoms. The van der Waals surface area contributed by atoms with E-state index in [1.54, 1.807) is 6.26 Å². The number of hydrogen-bond acceptors (Lipinski definition) is 5. The number of aromatic nitrogens is 2. The lowest BCUT2D eigenvalue weighted by Gasteiger charge is -2.09. The lowest BCUT2D eigenvalue weighted by atomic mass is 10.3. The molecule has 0 aliphatic carbocycles. The van der Waals surface area contributed by atoms with Crippen LogP contribution in [-0.4, -0.2) is 31.6 Å². The topological polar surface area (TPSA) is 54.9 Å². The van der Waals surface area contributed by atoms with Gasteiger partial charge in [0.1, 0.15) is 5.82 Å². The summed E-state index contributed by atoms with van der Waals surface area (Å²) in [5.41, 5.74) is 0. The van der Waals surface area contributed by atoms with Crippen LogP contribution < -0.4 is 5.32 Å². The predicted molar refractivity (Wildman–Crippen MR) is 65.9 cm³/mol. The van der Waals surface area contributed by atoms with Crippen molar-refractivity contribution in [3.8, 4) is 0 Å². The Bertz CT molecular complexity index is 327. The molecule has 1 heterocycles. The molecule has 0 amide bonds. The van der Waals surface area contributed by atoms with Crippen molar-refractivity contribution < 1.29 is 4.21 Å². The molecule has 0 aliphatic heterocycles. The third kappa shape index (κ3) is 4.70. The first-order valence-electron chi connectivity index (χ1n) is 5.01. The minimum Gasteiger partial charge on any atom is -0.357 e. The summed E-state index contributed by atoms with van der Waals surface area (Å²) in [5.74, 6) is 1.54. The third-order valence-corrected chi connectivity index (χ3v) is 3.45. The zero-order chi connectivity index (χ0) is 11.3. The fourth-order valence-electron chi connectivity index (χ4n) is 1.24. The summed E-state index contributed by atoms with van der Waals surface area (Å²) in [6, 6.07) is 0.179. The number of nitrogens with one attached hydrogen (secondary N) is 1. The van der Waals surface area contributed by atoms with Crippen LogP contribution in [0, 0.1) is 0 Å². The highest BCUT2D eigenvalue weighted by Gasteiger charge is 2.08. The van der Waals surface area contributed by atoms with Crippen molar-refractivity contribution in [1.82, 2.24) is 9.36 Å². The van der Waals surface area contributed by atoms with Gasteiger partial charge in [-0.05, 0) is 13.3 Å². The van der Waals surface area contributed by atoms with Crippen LogP contribution in [0.1, 0.15) is 26.1 Å². The van der Waals surface area contributed by atoms with Gasteiger partial charge in [-0.25, -0.2) is 4.98 Å². The molecule has 2 unspecified atom stereocenters. The molecule has 0 radical (unpaired) electrons. The molecule has 0 spiro atoms. The van der Waals surface area contributed by atoms with E-state index in [0.717, 1.165) is 23.8 Å². The summed E-state index contributed by atoms with van der Waals surface area (Å²) in [5, 5.41) is 4.03. The Morgan fingerprint density at radius 2 is 2.33 bits per heavy atom. The Labute approximate surface area is 97.1 Å². The maximum absolute atomic E-state index is 11.0. The fourth-order valence-corrected chi connectivity index (χ4v) is 2.75. The maximum atomic E-state index is 11.0. The van der Waals surface area contributed by atoms with Gasteiger partial charge >= 0.3 is 0 Å². The van der Waals surface area contributed by atoms with Gasteiger partial charge < -0.3 is 5.32 Å². The molecule has 0 aromatic carbocycles. The predicted octanol–water partition coefficient (Wildman–Crippen LogP) is 1.67. The molecule has 15 heavy (non-hydrogen) atoms. The maximum Gasteiger partial charge on any atom is 0.202 e. The van der Waals surface area contributed by atoms with Crippen LogP contribution in [0.2, 0.25) is 0 Å². The molecule has 86 valence electrons. The first-order chi connectivity index (χ1) is 7.11. The summed E-state index contributed by atoms with van der Waals surface area (Å²) in [6.07, 6.45) is 3.69. The molecule has 0 saturated carbocycles. The van der Waals surface area contributed by atoms with E-state index in [2.05, 4.69) is 21.6 Å². The average Bonchev–Trinajstić information content (AvgIpc) is 2.51. The van der Waals surface area contributed by atoms with E-state index in [1.165, 1.54) is 11.5 Å². The van der Waals surface area contributed by atoms with E-state index in [-0.39, 0.29) is 6.04 Å². The summed E-state index contributed by atoms with van der Waals surface area (Å²) in [4.78, 5) is 4.34. The Balaban J connectivity index is 2.45. The zero-order valence-corrected chi connectivity index (χ0v) is 11.0. The lowest BCUT2D eigenvalue weighted by Crippen LogP contribution is -2.22. The van der Waals surface area contributed by atoms with Crippen molar-refractivity contribution >= 4 is 27.5 Å². The molecule has 0 aliphatic rings. The van der Waals surface area contributed by atoms with Gasteiger partial charge in [0.2, 0.25) is 5.13 Å². The summed E-state index contributed by atoms with van der Waals surface area (Å²) < 4.78 is 15.2. The van der Waals surface area contributed by atoms with Crippen molar-refractivity contribution in [2.45, 2.75) is 32.7 Å². The van der Waals surface area contributed by atoms with E-state index in [9.17, 15) is 4.21 Å². The van der Waals surface area contributed by atoms with E-state index in [0.29, 0.717) is 5.75 Å². The second kappa shape index (κ2) is 6.17. The Morgan fingerprint density at radius 3 is 2.93 bits per heavy atom. The van der Waals surface area contributed by atoms with Crippen molar-refractivity contribution in [2.75, 3.05) is 17.3 Å². The van der Waals surface area contributed by atoms with Gasteiger partial charge in [-0.1, -0.05) is 6.92 Å². The van der Waals surface area contributed by atoms with Crippen molar-refractivity contribution in [1.29, 1.82) is 0 Å². The van der Waals surface area contributed by atoms with Crippen LogP contribution in [0.5, 0.6) is 0 Å². The van der Waals surface area contributed by atoms with Crippen molar-refractivity contribution in [3.05, 3.63) is 5.82 Å². The van der Waals surface area contributed by atoms with Crippen LogP contribution in [0.4, 0.5) is 5.13 Å². The monoisotopic (exact) mass is 247 g/mol. The molecular formula is C9H17N3OS2. The van der Waals surface area contributed by atoms with Gasteiger partial charge in [0.15, 0.2) is 0 Å². The van der Waals surface area contributed by atoms with E-state index >= 15 is 0 Å². The normalized spacial score (nSPS) is 14.9. The number of anilines is 1. The number of hydrogen-bond donors (Lipinski definition) is 1. The van der Waals surface area contributed by atoms with Crippen LogP contribution >= 0.6 is 11.5 Å². The smallest absolute Gasteiger partial charge is 0.202 e. The number of nitrogens with zero attached hydrogens (tertiary/aromatic N) is 2. The van der Waals surface area contributed by atoms with Crippen molar-refractivity contribution in [2.24, 2.45) is 0 Å². The molecule has 0 saturated heterocycles. The minimum absolute atomic E-state index is 0.179. The van der Waals surface area contributed by atoms with Gasteiger partial charge in [-0.2, -0.15) is 4.37 Å². The number of rotatable bonds is 6. The first-order valence-corrected chi connectivity index (χ1v) is 7.51. The van der Waals surface area contributed by atoms with Crippen molar-refractivity contribution in [3.63, 3.8) is 0 Å². The lowest BCUT2D eigenvalue weighted by molar-refractivity contribution is 0.683. The number of aryl methyl sites for hydroxylation is 1. The Kier molecular flexibility index (Phi) is 5.17. The molecular weight excluding hydrogens is 230 g/mol. The first kappa shape index (κ1) is 12.6. The third-order valence-electron chi connectivity index (χ3n) is 1.80. The summed E-state index contributed by atoms with van der Waals surface area (Å²) in [6.45, 7) is 4.11. The van der Waals surface area contributed by atoms with E-state index < -0.39 is 10.8 Å². The van der Waals surface area contributed by atoms with Gasteiger partial charge in [-0.15, -0.1) is 0 Å². The molecule has 1 N–H and O–H groups in total. The minimum atomic E-state index is -0.772.